The smallest absolute Gasteiger partial charge is 0.225 e. The molecule has 0 aromatic carbocycles. The fraction of sp³-hybridized carbons (Fsp3) is 0.800. The van der Waals surface area contributed by atoms with Gasteiger partial charge in [0.2, 0.25) is 11.8 Å². The van der Waals surface area contributed by atoms with Gasteiger partial charge in [-0.25, -0.2) is 0 Å². The van der Waals surface area contributed by atoms with Crippen LogP contribution in [0.3, 0.4) is 0 Å². The summed E-state index contributed by atoms with van der Waals surface area (Å²) in [4.78, 5) is 25.1. The van der Waals surface area contributed by atoms with Gasteiger partial charge in [0.15, 0.2) is 0 Å². The van der Waals surface area contributed by atoms with Gasteiger partial charge in [0.1, 0.15) is 0 Å². The summed E-state index contributed by atoms with van der Waals surface area (Å²) in [5, 5.41) is 2.84. The fourth-order valence-corrected chi connectivity index (χ4v) is 2.69. The van der Waals surface area contributed by atoms with E-state index in [-0.39, 0.29) is 23.8 Å². The number of hydrogen-bond donors (Lipinski definition) is 2. The molecule has 1 N–H and O–H groups in total. The summed E-state index contributed by atoms with van der Waals surface area (Å²) in [7, 11) is 0. The Balaban J connectivity index is 2.06. The molecule has 2 heterocycles. The molecular formula is C10H16N2O2S. The van der Waals surface area contributed by atoms with Gasteiger partial charge in [-0.2, -0.15) is 12.6 Å². The van der Waals surface area contributed by atoms with Crippen molar-refractivity contribution in [2.75, 3.05) is 18.8 Å². The number of thiol groups is 1. The molecule has 2 rings (SSSR count). The molecule has 0 aromatic rings. The molecule has 5 heteroatoms. The van der Waals surface area contributed by atoms with Crippen LogP contribution in [0.1, 0.15) is 19.3 Å². The molecule has 0 radical (unpaired) electrons. The van der Waals surface area contributed by atoms with Gasteiger partial charge in [-0.05, 0) is 18.6 Å². The van der Waals surface area contributed by atoms with Gasteiger partial charge in [-0.3, -0.25) is 9.59 Å². The van der Waals surface area contributed by atoms with Crippen LogP contribution in [0.2, 0.25) is 0 Å². The van der Waals surface area contributed by atoms with Crippen LogP contribution >= 0.6 is 12.6 Å². The Hall–Kier alpha value is -0.710. The van der Waals surface area contributed by atoms with Crippen LogP contribution in [0, 0.1) is 5.92 Å². The van der Waals surface area contributed by atoms with Crippen molar-refractivity contribution in [2.45, 2.75) is 25.3 Å². The van der Waals surface area contributed by atoms with Gasteiger partial charge in [0.05, 0.1) is 12.0 Å². The number of nitrogens with zero attached hydrogens (tertiary/aromatic N) is 1. The zero-order valence-electron chi connectivity index (χ0n) is 8.61. The third-order valence-electron chi connectivity index (χ3n) is 3.25. The first-order valence-electron chi connectivity index (χ1n) is 5.42. The first-order chi connectivity index (χ1) is 7.24. The van der Waals surface area contributed by atoms with E-state index in [0.717, 1.165) is 19.4 Å². The molecule has 2 aliphatic rings. The second kappa shape index (κ2) is 4.43. The number of piperidine rings is 1. The zero-order valence-corrected chi connectivity index (χ0v) is 9.50. The fourth-order valence-electron chi connectivity index (χ4n) is 2.50. The van der Waals surface area contributed by atoms with Crippen LogP contribution < -0.4 is 5.32 Å². The molecule has 2 fully saturated rings. The normalized spacial score (nSPS) is 29.9. The highest BCUT2D eigenvalue weighted by molar-refractivity contribution is 7.80. The predicted molar refractivity (Wildman–Crippen MR) is 59.7 cm³/mol. The molecule has 2 amide bonds. The zero-order chi connectivity index (χ0) is 10.8. The Kier molecular flexibility index (Phi) is 3.19. The predicted octanol–water partition coefficient (Wildman–Crippen LogP) is 0.0433. The van der Waals surface area contributed by atoms with E-state index in [2.05, 4.69) is 17.9 Å². The van der Waals surface area contributed by atoms with Crippen molar-refractivity contribution in [1.29, 1.82) is 0 Å². The maximum Gasteiger partial charge on any atom is 0.225 e. The van der Waals surface area contributed by atoms with Crippen molar-refractivity contribution in [1.82, 2.24) is 10.2 Å². The van der Waals surface area contributed by atoms with Crippen LogP contribution in [0.5, 0.6) is 0 Å². The molecule has 0 saturated carbocycles. The molecule has 15 heavy (non-hydrogen) atoms. The minimum Gasteiger partial charge on any atom is -0.354 e. The van der Waals surface area contributed by atoms with Crippen molar-refractivity contribution in [3.8, 4) is 0 Å². The van der Waals surface area contributed by atoms with Gasteiger partial charge in [-0.15, -0.1) is 0 Å². The van der Waals surface area contributed by atoms with Crippen LogP contribution in [-0.2, 0) is 9.59 Å². The van der Waals surface area contributed by atoms with Crippen molar-refractivity contribution in [3.05, 3.63) is 0 Å². The van der Waals surface area contributed by atoms with Gasteiger partial charge in [0.25, 0.3) is 0 Å². The maximum atomic E-state index is 11.8. The maximum absolute atomic E-state index is 11.8. The van der Waals surface area contributed by atoms with E-state index in [1.54, 1.807) is 0 Å². The Bertz CT molecular complexity index is 283. The number of rotatable bonds is 2. The number of carbonyl (C=O) groups is 2. The highest BCUT2D eigenvalue weighted by Gasteiger charge is 2.42. The lowest BCUT2D eigenvalue weighted by atomic mass is 9.91. The van der Waals surface area contributed by atoms with Crippen LogP contribution in [-0.4, -0.2) is 41.6 Å². The van der Waals surface area contributed by atoms with E-state index in [0.29, 0.717) is 18.7 Å². The average Bonchev–Trinajstić information content (AvgIpc) is 2.61. The largest absolute Gasteiger partial charge is 0.354 e. The summed E-state index contributed by atoms with van der Waals surface area (Å²) in [5.41, 5.74) is 0. The molecule has 4 nitrogen and oxygen atoms in total. The molecule has 2 unspecified atom stereocenters. The van der Waals surface area contributed by atoms with Crippen LogP contribution in [0.15, 0.2) is 0 Å². The van der Waals surface area contributed by atoms with Crippen LogP contribution in [0.25, 0.3) is 0 Å². The molecule has 0 spiro atoms. The first kappa shape index (κ1) is 10.8. The molecule has 0 aliphatic carbocycles. The van der Waals surface area contributed by atoms with Crippen molar-refractivity contribution < 1.29 is 9.59 Å². The third-order valence-corrected chi connectivity index (χ3v) is 3.47. The van der Waals surface area contributed by atoms with Crippen molar-refractivity contribution in [2.24, 2.45) is 5.92 Å². The lowest BCUT2D eigenvalue weighted by molar-refractivity contribution is -0.136. The van der Waals surface area contributed by atoms with E-state index in [9.17, 15) is 9.59 Å². The molecule has 2 aliphatic heterocycles. The van der Waals surface area contributed by atoms with Gasteiger partial charge < -0.3 is 10.2 Å². The Morgan fingerprint density at radius 3 is 3.13 bits per heavy atom. The highest BCUT2D eigenvalue weighted by atomic mass is 32.1. The van der Waals surface area contributed by atoms with Gasteiger partial charge >= 0.3 is 0 Å². The second-order valence-electron chi connectivity index (χ2n) is 4.12. The standard InChI is InChI=1S/C10H16N2O2S/c13-9(3-5-15)12-4-1-2-7-8(12)6-11-10(7)14/h7-8,15H,1-6H2,(H,11,14). The highest BCUT2D eigenvalue weighted by Crippen LogP contribution is 2.27. The number of nitrogens with one attached hydrogen (secondary N) is 1. The van der Waals surface area contributed by atoms with Crippen molar-refractivity contribution >= 4 is 24.4 Å². The number of hydrogen-bond acceptors (Lipinski definition) is 3. The Morgan fingerprint density at radius 2 is 2.40 bits per heavy atom. The number of carbonyl (C=O) groups excluding carboxylic acids is 2. The first-order valence-corrected chi connectivity index (χ1v) is 6.05. The monoisotopic (exact) mass is 228 g/mol. The SMILES string of the molecule is O=C1NCC2C1CCCN2C(=O)CCS. The Morgan fingerprint density at radius 1 is 1.60 bits per heavy atom. The molecule has 0 aromatic heterocycles. The second-order valence-corrected chi connectivity index (χ2v) is 4.57. The lowest BCUT2D eigenvalue weighted by Crippen LogP contribution is -2.48. The Labute approximate surface area is 94.8 Å². The molecule has 2 saturated heterocycles. The minimum absolute atomic E-state index is 0.0302. The van der Waals surface area contributed by atoms with E-state index < -0.39 is 0 Å². The molecule has 84 valence electrons. The summed E-state index contributed by atoms with van der Waals surface area (Å²) in [6.07, 6.45) is 2.33. The third kappa shape index (κ3) is 1.97. The van der Waals surface area contributed by atoms with Crippen molar-refractivity contribution in [3.63, 3.8) is 0 Å². The summed E-state index contributed by atoms with van der Waals surface area (Å²) in [6.45, 7) is 1.42. The molecule has 0 bridgehead atoms. The number of fused-ring (bicyclic) bond motifs is 1. The van der Waals surface area contributed by atoms with Gasteiger partial charge in [-0.1, -0.05) is 0 Å². The van der Waals surface area contributed by atoms with E-state index in [4.69, 9.17) is 0 Å². The number of amides is 2. The summed E-state index contributed by atoms with van der Waals surface area (Å²) >= 11 is 4.06. The van der Waals surface area contributed by atoms with Crippen LogP contribution in [0.4, 0.5) is 0 Å². The van der Waals surface area contributed by atoms with E-state index in [1.165, 1.54) is 0 Å². The van der Waals surface area contributed by atoms with E-state index in [1.807, 2.05) is 4.90 Å². The summed E-state index contributed by atoms with van der Waals surface area (Å²) in [5.74, 6) is 0.857. The topological polar surface area (TPSA) is 49.4 Å². The number of likely N-dealkylation sites (tertiary alicyclic amines) is 1. The molecule has 2 atom stereocenters. The quantitative estimate of drug-likeness (QED) is 0.656. The summed E-state index contributed by atoms with van der Waals surface area (Å²) < 4.78 is 0. The van der Waals surface area contributed by atoms with Gasteiger partial charge in [0, 0.05) is 19.5 Å². The minimum atomic E-state index is 0.0302. The summed E-state index contributed by atoms with van der Waals surface area (Å²) in [6, 6.07) is 0.0960. The molecular weight excluding hydrogens is 212 g/mol. The lowest BCUT2D eigenvalue weighted by Gasteiger charge is -2.35. The van der Waals surface area contributed by atoms with E-state index >= 15 is 0 Å². The average molecular weight is 228 g/mol.